The number of rotatable bonds is 2. The highest BCUT2D eigenvalue weighted by Gasteiger charge is 2.35. The van der Waals surface area contributed by atoms with Crippen LogP contribution in [-0.4, -0.2) is 54.7 Å². The van der Waals surface area contributed by atoms with Crippen LogP contribution in [-0.2, 0) is 14.3 Å². The van der Waals surface area contributed by atoms with Gasteiger partial charge in [0.15, 0.2) is 6.10 Å². The highest BCUT2D eigenvalue weighted by atomic mass is 16.5. The van der Waals surface area contributed by atoms with Crippen LogP contribution in [0.1, 0.15) is 20.8 Å². The van der Waals surface area contributed by atoms with Crippen LogP contribution in [0, 0.1) is 0 Å². The van der Waals surface area contributed by atoms with Crippen LogP contribution in [0.3, 0.4) is 0 Å². The molecule has 124 valence electrons. The molecule has 1 aromatic carbocycles. The molecular formula is C17H22N2O4. The van der Waals surface area contributed by atoms with Crippen LogP contribution < -0.4 is 9.64 Å². The lowest BCUT2D eigenvalue weighted by atomic mass is 10.1. The average molecular weight is 318 g/mol. The van der Waals surface area contributed by atoms with Crippen LogP contribution >= 0.6 is 0 Å². The van der Waals surface area contributed by atoms with Crippen molar-refractivity contribution in [3.8, 4) is 5.75 Å². The third-order valence-electron chi connectivity index (χ3n) is 4.30. The van der Waals surface area contributed by atoms with Gasteiger partial charge in [0.1, 0.15) is 12.3 Å². The fourth-order valence-electron chi connectivity index (χ4n) is 3.00. The van der Waals surface area contributed by atoms with Crippen LogP contribution in [0.2, 0.25) is 0 Å². The Bertz CT molecular complexity index is 618. The van der Waals surface area contributed by atoms with Crippen LogP contribution in [0.15, 0.2) is 24.3 Å². The summed E-state index contributed by atoms with van der Waals surface area (Å²) in [6.45, 7) is 6.72. The van der Waals surface area contributed by atoms with E-state index in [4.69, 9.17) is 9.47 Å². The Morgan fingerprint density at radius 1 is 1.26 bits per heavy atom. The van der Waals surface area contributed by atoms with E-state index in [9.17, 15) is 9.59 Å². The second-order valence-corrected chi connectivity index (χ2v) is 6.19. The van der Waals surface area contributed by atoms with Crippen molar-refractivity contribution in [1.29, 1.82) is 0 Å². The summed E-state index contributed by atoms with van der Waals surface area (Å²) in [6.07, 6.45) is -0.569. The molecule has 2 aliphatic heterocycles. The van der Waals surface area contributed by atoms with Gasteiger partial charge >= 0.3 is 0 Å². The van der Waals surface area contributed by atoms with E-state index in [1.54, 1.807) is 17.9 Å². The fourth-order valence-corrected chi connectivity index (χ4v) is 3.00. The minimum Gasteiger partial charge on any atom is -0.479 e. The Morgan fingerprint density at radius 2 is 2.00 bits per heavy atom. The number of hydrogen-bond donors (Lipinski definition) is 0. The van der Waals surface area contributed by atoms with Crippen LogP contribution in [0.4, 0.5) is 5.69 Å². The van der Waals surface area contributed by atoms with Crippen molar-refractivity contribution < 1.29 is 19.1 Å². The lowest BCUT2D eigenvalue weighted by molar-refractivity contribution is -0.143. The molecule has 0 N–H and O–H groups in total. The number of carbonyl (C=O) groups excluding carboxylic acids is 2. The van der Waals surface area contributed by atoms with Crippen molar-refractivity contribution in [3.63, 3.8) is 0 Å². The van der Waals surface area contributed by atoms with Crippen molar-refractivity contribution in [2.45, 2.75) is 39.0 Å². The van der Waals surface area contributed by atoms with E-state index >= 15 is 0 Å². The minimum absolute atomic E-state index is 0.0155. The number of amides is 2. The monoisotopic (exact) mass is 318 g/mol. The molecule has 0 spiro atoms. The Morgan fingerprint density at radius 3 is 2.78 bits per heavy atom. The first kappa shape index (κ1) is 15.8. The standard InChI is InChI=1S/C17H22N2O4/c1-11-10-22-12(2)8-18(11)16(20)9-19-14-6-4-5-7-15(14)23-13(3)17(19)21/h4-7,11-13H,8-10H2,1-3H3/t11-,12-,13+/m1/s1. The molecule has 3 atom stereocenters. The Kier molecular flexibility index (Phi) is 4.26. The molecule has 0 aliphatic carbocycles. The van der Waals surface area contributed by atoms with E-state index in [-0.39, 0.29) is 30.5 Å². The summed E-state index contributed by atoms with van der Waals surface area (Å²) < 4.78 is 11.2. The Labute approximate surface area is 136 Å². The predicted molar refractivity (Wildman–Crippen MR) is 85.5 cm³/mol. The molecule has 3 rings (SSSR count). The average Bonchev–Trinajstić information content (AvgIpc) is 2.54. The molecule has 23 heavy (non-hydrogen) atoms. The van der Waals surface area contributed by atoms with Gasteiger partial charge in [0, 0.05) is 6.54 Å². The van der Waals surface area contributed by atoms with Gasteiger partial charge in [-0.05, 0) is 32.9 Å². The second-order valence-electron chi connectivity index (χ2n) is 6.19. The Balaban J connectivity index is 1.81. The summed E-state index contributed by atoms with van der Waals surface area (Å²) in [7, 11) is 0. The number of benzene rings is 1. The van der Waals surface area contributed by atoms with E-state index in [2.05, 4.69) is 0 Å². The lowest BCUT2D eigenvalue weighted by Gasteiger charge is -2.39. The quantitative estimate of drug-likeness (QED) is 0.828. The molecule has 0 unspecified atom stereocenters. The van der Waals surface area contributed by atoms with E-state index < -0.39 is 6.10 Å². The van der Waals surface area contributed by atoms with Crippen molar-refractivity contribution in [3.05, 3.63) is 24.3 Å². The molecule has 2 aliphatic rings. The van der Waals surface area contributed by atoms with Gasteiger partial charge in [-0.25, -0.2) is 0 Å². The maximum absolute atomic E-state index is 12.7. The molecule has 0 bridgehead atoms. The van der Waals surface area contributed by atoms with Crippen LogP contribution in [0.25, 0.3) is 0 Å². The zero-order valence-corrected chi connectivity index (χ0v) is 13.7. The molecule has 1 aromatic rings. The highest BCUT2D eigenvalue weighted by molar-refractivity contribution is 6.03. The number of carbonyl (C=O) groups is 2. The largest absolute Gasteiger partial charge is 0.479 e. The summed E-state index contributed by atoms with van der Waals surface area (Å²) in [6, 6.07) is 7.32. The smallest absolute Gasteiger partial charge is 0.268 e. The first-order valence-electron chi connectivity index (χ1n) is 7.95. The fraction of sp³-hybridized carbons (Fsp3) is 0.529. The SMILES string of the molecule is C[C@@H]1CN(C(=O)CN2C(=O)[C@H](C)Oc3ccccc32)[C@H](C)CO1. The van der Waals surface area contributed by atoms with Crippen molar-refractivity contribution in [2.24, 2.45) is 0 Å². The molecule has 6 heteroatoms. The molecule has 1 fully saturated rings. The molecule has 1 saturated heterocycles. The summed E-state index contributed by atoms with van der Waals surface area (Å²) in [5.74, 6) is 0.381. The Hall–Kier alpha value is -2.08. The third kappa shape index (κ3) is 3.03. The number of para-hydroxylation sites is 2. The van der Waals surface area contributed by atoms with Gasteiger partial charge in [-0.2, -0.15) is 0 Å². The maximum atomic E-state index is 12.7. The molecule has 6 nitrogen and oxygen atoms in total. The van der Waals surface area contributed by atoms with Gasteiger partial charge in [-0.3, -0.25) is 14.5 Å². The summed E-state index contributed by atoms with van der Waals surface area (Å²) in [5, 5.41) is 0. The van der Waals surface area contributed by atoms with Gasteiger partial charge in [0.2, 0.25) is 5.91 Å². The van der Waals surface area contributed by atoms with E-state index in [1.165, 1.54) is 4.90 Å². The number of morpholine rings is 1. The van der Waals surface area contributed by atoms with Crippen LogP contribution in [0.5, 0.6) is 5.75 Å². The first-order chi connectivity index (χ1) is 11.0. The number of fused-ring (bicyclic) bond motifs is 1. The van der Waals surface area contributed by atoms with E-state index in [1.807, 2.05) is 32.0 Å². The normalized spacial score (nSPS) is 27.4. The second kappa shape index (κ2) is 6.20. The topological polar surface area (TPSA) is 59.1 Å². The highest BCUT2D eigenvalue weighted by Crippen LogP contribution is 2.33. The molecule has 0 radical (unpaired) electrons. The first-order valence-corrected chi connectivity index (χ1v) is 7.95. The predicted octanol–water partition coefficient (Wildman–Crippen LogP) is 1.44. The summed E-state index contributed by atoms with van der Waals surface area (Å²) in [5.41, 5.74) is 0.651. The van der Waals surface area contributed by atoms with Gasteiger partial charge in [0.25, 0.3) is 5.91 Å². The van der Waals surface area contributed by atoms with Crippen molar-refractivity contribution >= 4 is 17.5 Å². The number of anilines is 1. The van der Waals surface area contributed by atoms with Gasteiger partial charge < -0.3 is 14.4 Å². The zero-order chi connectivity index (χ0) is 16.6. The van der Waals surface area contributed by atoms with Gasteiger partial charge in [-0.15, -0.1) is 0 Å². The number of ether oxygens (including phenoxy) is 2. The van der Waals surface area contributed by atoms with Crippen molar-refractivity contribution in [2.75, 3.05) is 24.6 Å². The maximum Gasteiger partial charge on any atom is 0.268 e. The minimum atomic E-state index is -0.585. The van der Waals surface area contributed by atoms with E-state index in [0.717, 1.165) is 0 Å². The van der Waals surface area contributed by atoms with Crippen molar-refractivity contribution in [1.82, 2.24) is 4.90 Å². The third-order valence-corrected chi connectivity index (χ3v) is 4.30. The molecular weight excluding hydrogens is 296 g/mol. The number of nitrogens with zero attached hydrogens (tertiary/aromatic N) is 2. The van der Waals surface area contributed by atoms with Gasteiger partial charge in [0.05, 0.1) is 24.4 Å². The summed E-state index contributed by atoms with van der Waals surface area (Å²) >= 11 is 0. The summed E-state index contributed by atoms with van der Waals surface area (Å²) in [4.78, 5) is 28.5. The molecule has 0 aromatic heterocycles. The zero-order valence-electron chi connectivity index (χ0n) is 13.7. The lowest BCUT2D eigenvalue weighted by Crippen LogP contribution is -2.55. The molecule has 0 saturated carbocycles. The molecule has 2 heterocycles. The van der Waals surface area contributed by atoms with E-state index in [0.29, 0.717) is 24.6 Å². The molecule has 2 amide bonds. The van der Waals surface area contributed by atoms with Gasteiger partial charge in [-0.1, -0.05) is 12.1 Å². The number of hydrogen-bond acceptors (Lipinski definition) is 4.